The van der Waals surface area contributed by atoms with Crippen LogP contribution in [0.4, 0.5) is 13.2 Å². The van der Waals surface area contributed by atoms with Crippen LogP contribution in [0.2, 0.25) is 0 Å². The number of nitrogens with one attached hydrogen (secondary N) is 1. The van der Waals surface area contributed by atoms with E-state index in [2.05, 4.69) is 20.3 Å². The molecule has 10 heteroatoms. The van der Waals surface area contributed by atoms with Gasteiger partial charge in [-0.2, -0.15) is 19.2 Å². The van der Waals surface area contributed by atoms with E-state index in [0.717, 1.165) is 6.07 Å². The highest BCUT2D eigenvalue weighted by atomic mass is 19.1. The Morgan fingerprint density at radius 1 is 1.09 bits per heavy atom. The molecule has 0 amide bonds. The summed E-state index contributed by atoms with van der Waals surface area (Å²) in [5.41, 5.74) is 2.40. The standard InChI is InChI=1S/C22H16F3N3O4/c1-30-18-7-5-15(10-17(18)23)22(11-31-21(27-22)28-32-12-29)14-4-2-3-13(9-14)16-6-8-19(24)26-20(16)25/h2-10,12H,11H2,1H3,(H,27,28). The van der Waals surface area contributed by atoms with Crippen molar-refractivity contribution in [2.24, 2.45) is 4.99 Å². The van der Waals surface area contributed by atoms with E-state index in [0.29, 0.717) is 16.7 Å². The van der Waals surface area contributed by atoms with Crippen LogP contribution in [0.15, 0.2) is 59.6 Å². The van der Waals surface area contributed by atoms with E-state index in [-0.39, 0.29) is 30.4 Å². The van der Waals surface area contributed by atoms with Crippen molar-refractivity contribution in [1.82, 2.24) is 10.5 Å². The first-order chi connectivity index (χ1) is 15.5. The van der Waals surface area contributed by atoms with Gasteiger partial charge in [-0.15, -0.1) is 0 Å². The zero-order valence-electron chi connectivity index (χ0n) is 16.6. The fourth-order valence-corrected chi connectivity index (χ4v) is 3.49. The van der Waals surface area contributed by atoms with Crippen molar-refractivity contribution in [2.45, 2.75) is 5.54 Å². The first-order valence-corrected chi connectivity index (χ1v) is 9.32. The second-order valence-corrected chi connectivity index (χ2v) is 6.78. The maximum absolute atomic E-state index is 14.5. The second kappa shape index (κ2) is 8.58. The molecule has 0 bridgehead atoms. The number of aliphatic imine (C=N–C) groups is 1. The van der Waals surface area contributed by atoms with Crippen molar-refractivity contribution in [1.29, 1.82) is 0 Å². The molecule has 1 aromatic heterocycles. The average Bonchev–Trinajstić information content (AvgIpc) is 3.23. The molecule has 0 saturated heterocycles. The normalized spacial score (nSPS) is 17.3. The monoisotopic (exact) mass is 443 g/mol. The molecule has 7 nitrogen and oxygen atoms in total. The van der Waals surface area contributed by atoms with Crippen molar-refractivity contribution in [3.63, 3.8) is 0 Å². The Kier molecular flexibility index (Phi) is 5.67. The molecule has 1 aliphatic rings. The van der Waals surface area contributed by atoms with Crippen molar-refractivity contribution in [2.75, 3.05) is 13.7 Å². The minimum absolute atomic E-state index is 0.0441. The SMILES string of the molecule is COc1ccc(C2(c3cccc(-c4ccc(F)nc4F)c3)COC(NOC=O)=N2)cc1F. The zero-order valence-corrected chi connectivity index (χ0v) is 16.6. The van der Waals surface area contributed by atoms with E-state index < -0.39 is 23.3 Å². The summed E-state index contributed by atoms with van der Waals surface area (Å²) in [6.45, 7) is 0.0841. The Morgan fingerprint density at radius 2 is 1.91 bits per heavy atom. The summed E-state index contributed by atoms with van der Waals surface area (Å²) >= 11 is 0. The number of carbonyl (C=O) groups excluding carboxylic acids is 1. The molecule has 3 aromatic rings. The number of hydroxylamine groups is 1. The molecule has 0 saturated carbocycles. The number of hydrogen-bond donors (Lipinski definition) is 1. The van der Waals surface area contributed by atoms with E-state index in [1.807, 2.05) is 0 Å². The predicted octanol–water partition coefficient (Wildman–Crippen LogP) is 3.48. The van der Waals surface area contributed by atoms with Gasteiger partial charge in [0.05, 0.1) is 7.11 Å². The molecular formula is C22H16F3N3O4. The highest BCUT2D eigenvalue weighted by Crippen LogP contribution is 2.40. The van der Waals surface area contributed by atoms with Gasteiger partial charge in [-0.1, -0.05) is 24.3 Å². The largest absolute Gasteiger partial charge is 0.494 e. The smallest absolute Gasteiger partial charge is 0.320 e. The molecule has 2 aromatic carbocycles. The Balaban J connectivity index is 1.85. The predicted molar refractivity (Wildman–Crippen MR) is 107 cm³/mol. The van der Waals surface area contributed by atoms with Crippen molar-refractivity contribution >= 4 is 12.5 Å². The number of pyridine rings is 1. The van der Waals surface area contributed by atoms with Gasteiger partial charge in [-0.3, -0.25) is 4.79 Å². The molecule has 1 unspecified atom stereocenters. The van der Waals surface area contributed by atoms with Crippen molar-refractivity contribution < 1.29 is 32.3 Å². The van der Waals surface area contributed by atoms with Gasteiger partial charge in [0.15, 0.2) is 17.1 Å². The van der Waals surface area contributed by atoms with Gasteiger partial charge in [0, 0.05) is 5.56 Å². The fraction of sp³-hybridized carbons (Fsp3) is 0.136. The molecule has 32 heavy (non-hydrogen) atoms. The highest BCUT2D eigenvalue weighted by molar-refractivity contribution is 5.77. The Bertz CT molecular complexity index is 1200. The molecule has 2 heterocycles. The summed E-state index contributed by atoms with van der Waals surface area (Å²) in [5.74, 6) is -2.48. The number of ether oxygens (including phenoxy) is 2. The Morgan fingerprint density at radius 3 is 2.62 bits per heavy atom. The topological polar surface area (TPSA) is 82.0 Å². The van der Waals surface area contributed by atoms with E-state index >= 15 is 0 Å². The minimum atomic E-state index is -1.26. The molecule has 1 aliphatic heterocycles. The van der Waals surface area contributed by atoms with E-state index in [1.54, 1.807) is 30.3 Å². The average molecular weight is 443 g/mol. The van der Waals surface area contributed by atoms with E-state index in [1.165, 1.54) is 25.3 Å². The van der Waals surface area contributed by atoms with Crippen LogP contribution in [0.3, 0.4) is 0 Å². The number of carbonyl (C=O) groups is 1. The summed E-state index contributed by atoms with van der Waals surface area (Å²) in [7, 11) is 1.35. The van der Waals surface area contributed by atoms with Crippen LogP contribution in [0.25, 0.3) is 11.1 Å². The van der Waals surface area contributed by atoms with Gasteiger partial charge in [0.1, 0.15) is 6.61 Å². The zero-order chi connectivity index (χ0) is 22.7. The minimum Gasteiger partial charge on any atom is -0.494 e. The molecule has 0 aliphatic carbocycles. The van der Waals surface area contributed by atoms with Gasteiger partial charge in [-0.25, -0.2) is 9.38 Å². The quantitative estimate of drug-likeness (QED) is 0.357. The molecule has 1 atom stereocenters. The highest BCUT2D eigenvalue weighted by Gasteiger charge is 2.41. The van der Waals surface area contributed by atoms with E-state index in [9.17, 15) is 18.0 Å². The Labute approximate surface area is 180 Å². The Hall–Kier alpha value is -4.08. The van der Waals surface area contributed by atoms with Gasteiger partial charge >= 0.3 is 12.5 Å². The maximum atomic E-state index is 14.5. The number of halogens is 3. The first-order valence-electron chi connectivity index (χ1n) is 9.32. The number of nitrogens with zero attached hydrogens (tertiary/aromatic N) is 2. The van der Waals surface area contributed by atoms with Gasteiger partial charge in [-0.05, 0) is 47.0 Å². The number of aromatic nitrogens is 1. The maximum Gasteiger partial charge on any atom is 0.320 e. The van der Waals surface area contributed by atoms with Crippen LogP contribution in [-0.2, 0) is 19.9 Å². The van der Waals surface area contributed by atoms with Gasteiger partial charge < -0.3 is 14.3 Å². The van der Waals surface area contributed by atoms with Gasteiger partial charge in [0.25, 0.3) is 0 Å². The number of rotatable bonds is 6. The molecule has 0 fully saturated rings. The van der Waals surface area contributed by atoms with Crippen molar-refractivity contribution in [3.8, 4) is 16.9 Å². The fourth-order valence-electron chi connectivity index (χ4n) is 3.49. The summed E-state index contributed by atoms with van der Waals surface area (Å²) in [6.07, 6.45) is 0. The molecular weight excluding hydrogens is 427 g/mol. The molecule has 0 spiro atoms. The molecule has 4 rings (SSSR count). The summed E-state index contributed by atoms with van der Waals surface area (Å²) in [5, 5.41) is 0. The summed E-state index contributed by atoms with van der Waals surface area (Å²) in [4.78, 5) is 22.7. The van der Waals surface area contributed by atoms with Crippen LogP contribution in [-0.4, -0.2) is 31.2 Å². The number of benzene rings is 2. The lowest BCUT2D eigenvalue weighted by Crippen LogP contribution is -2.27. The third-order valence-electron chi connectivity index (χ3n) is 5.00. The second-order valence-electron chi connectivity index (χ2n) is 6.78. The van der Waals surface area contributed by atoms with Crippen LogP contribution < -0.4 is 10.2 Å². The number of amidine groups is 1. The van der Waals surface area contributed by atoms with Crippen LogP contribution in [0, 0.1) is 17.7 Å². The van der Waals surface area contributed by atoms with E-state index in [4.69, 9.17) is 9.47 Å². The van der Waals surface area contributed by atoms with Crippen LogP contribution in [0.1, 0.15) is 11.1 Å². The van der Waals surface area contributed by atoms with Crippen molar-refractivity contribution in [3.05, 3.63) is 83.4 Å². The van der Waals surface area contributed by atoms with Crippen LogP contribution in [0.5, 0.6) is 5.75 Å². The number of methoxy groups -OCH3 is 1. The van der Waals surface area contributed by atoms with Gasteiger partial charge in [0.2, 0.25) is 11.9 Å². The first kappa shape index (κ1) is 21.2. The lowest BCUT2D eigenvalue weighted by Gasteiger charge is -2.26. The molecule has 1 N–H and O–H groups in total. The number of hydrogen-bond acceptors (Lipinski definition) is 7. The molecule has 0 radical (unpaired) electrons. The lowest BCUT2D eigenvalue weighted by atomic mass is 9.83. The van der Waals surface area contributed by atoms with Crippen LogP contribution >= 0.6 is 0 Å². The molecule has 164 valence electrons. The summed E-state index contributed by atoms with van der Waals surface area (Å²) < 4.78 is 52.6. The third kappa shape index (κ3) is 3.82. The summed E-state index contributed by atoms with van der Waals surface area (Å²) in [6, 6.07) is 13.1. The lowest BCUT2D eigenvalue weighted by molar-refractivity contribution is -0.132. The third-order valence-corrected chi connectivity index (χ3v) is 5.00.